The number of aryl methyl sites for hydroxylation is 1. The summed E-state index contributed by atoms with van der Waals surface area (Å²) in [6, 6.07) is 3.72. The number of benzene rings is 1. The first kappa shape index (κ1) is 19.0. The Hall–Kier alpha value is -2.30. The number of hydrogen-bond acceptors (Lipinski definition) is 4. The Balaban J connectivity index is 1.75. The number of ether oxygens (including phenoxy) is 1. The minimum atomic E-state index is -0.358. The van der Waals surface area contributed by atoms with Crippen molar-refractivity contribution in [3.63, 3.8) is 0 Å². The van der Waals surface area contributed by atoms with E-state index < -0.39 is 0 Å². The summed E-state index contributed by atoms with van der Waals surface area (Å²) in [6.45, 7) is 5.83. The molecule has 2 heterocycles. The lowest BCUT2D eigenvalue weighted by Crippen LogP contribution is -2.41. The summed E-state index contributed by atoms with van der Waals surface area (Å²) in [5.74, 6) is 0.794. The fourth-order valence-electron chi connectivity index (χ4n) is 4.59. The maximum Gasteiger partial charge on any atom is 0.287 e. The highest BCUT2D eigenvalue weighted by molar-refractivity contribution is 6.13. The number of Topliss-reactive ketones (excluding diaryl/α,β-unsaturated/α-hetero) is 1. The predicted octanol–water partition coefficient (Wildman–Crippen LogP) is 5.33. The summed E-state index contributed by atoms with van der Waals surface area (Å²) in [5, 5.41) is 3.67. The van der Waals surface area contributed by atoms with E-state index in [9.17, 15) is 9.59 Å². The van der Waals surface area contributed by atoms with Crippen LogP contribution in [0, 0.1) is 6.92 Å². The van der Waals surface area contributed by atoms with Crippen molar-refractivity contribution in [1.82, 2.24) is 5.32 Å². The molecule has 0 bridgehead atoms. The molecule has 1 N–H and O–H groups in total. The summed E-state index contributed by atoms with van der Waals surface area (Å²) in [6.07, 6.45) is 7.76. The average Bonchev–Trinajstić information content (AvgIpc) is 2.85. The van der Waals surface area contributed by atoms with Gasteiger partial charge in [0.1, 0.15) is 16.9 Å². The lowest BCUT2D eigenvalue weighted by atomic mass is 9.83. The molecule has 28 heavy (non-hydrogen) atoms. The van der Waals surface area contributed by atoms with Gasteiger partial charge in [0, 0.05) is 17.0 Å². The summed E-state index contributed by atoms with van der Waals surface area (Å²) >= 11 is 0. The molecule has 1 atom stereocenters. The van der Waals surface area contributed by atoms with Gasteiger partial charge in [-0.1, -0.05) is 19.8 Å². The Morgan fingerprint density at radius 3 is 2.61 bits per heavy atom. The number of carbonyl (C=O) groups excluding carboxylic acids is 2. The van der Waals surface area contributed by atoms with E-state index in [2.05, 4.69) is 5.32 Å². The normalized spacial score (nSPS) is 19.8. The Bertz CT molecular complexity index is 918. The quantitative estimate of drug-likeness (QED) is 0.778. The molecule has 1 amide bonds. The van der Waals surface area contributed by atoms with Crippen molar-refractivity contribution in [1.29, 1.82) is 0 Å². The third-order valence-corrected chi connectivity index (χ3v) is 6.36. The van der Waals surface area contributed by atoms with Crippen molar-refractivity contribution in [3.05, 3.63) is 29.0 Å². The van der Waals surface area contributed by atoms with Crippen molar-refractivity contribution in [2.45, 2.75) is 83.8 Å². The Morgan fingerprint density at radius 2 is 1.93 bits per heavy atom. The minimum absolute atomic E-state index is 0.0640. The topological polar surface area (TPSA) is 68.5 Å². The Labute approximate surface area is 165 Å². The predicted molar refractivity (Wildman–Crippen MR) is 108 cm³/mol. The molecule has 4 rings (SSSR count). The van der Waals surface area contributed by atoms with Gasteiger partial charge in [0.25, 0.3) is 5.91 Å². The number of ketones is 1. The molecule has 5 heteroatoms. The van der Waals surface area contributed by atoms with Crippen molar-refractivity contribution in [2.24, 2.45) is 0 Å². The van der Waals surface area contributed by atoms with Crippen LogP contribution in [0.3, 0.4) is 0 Å². The average molecular weight is 383 g/mol. The molecule has 1 saturated carbocycles. The molecular weight excluding hydrogens is 354 g/mol. The summed E-state index contributed by atoms with van der Waals surface area (Å²) < 4.78 is 12.3. The van der Waals surface area contributed by atoms with Gasteiger partial charge in [-0.05, 0) is 58.1 Å². The van der Waals surface area contributed by atoms with Gasteiger partial charge in [0.15, 0.2) is 11.5 Å². The monoisotopic (exact) mass is 383 g/mol. The van der Waals surface area contributed by atoms with Crippen LogP contribution in [0.15, 0.2) is 16.5 Å². The molecule has 2 aliphatic rings. The molecule has 1 spiro atoms. The van der Waals surface area contributed by atoms with Gasteiger partial charge in [-0.2, -0.15) is 0 Å². The van der Waals surface area contributed by atoms with Gasteiger partial charge < -0.3 is 14.5 Å². The van der Waals surface area contributed by atoms with Gasteiger partial charge in [0.05, 0.1) is 12.0 Å². The highest BCUT2D eigenvalue weighted by Gasteiger charge is 2.42. The number of carbonyl (C=O) groups is 2. The molecule has 5 nitrogen and oxygen atoms in total. The molecule has 0 unspecified atom stereocenters. The SMILES string of the molecule is CC[C@@H](C)NC(=O)c1oc2ccc3c(c2c1C)C(=O)CC1(CCCCCC1)O3. The minimum Gasteiger partial charge on any atom is -0.486 e. The second kappa shape index (κ2) is 7.26. The van der Waals surface area contributed by atoms with Crippen molar-refractivity contribution in [2.75, 3.05) is 0 Å². The maximum atomic E-state index is 13.2. The van der Waals surface area contributed by atoms with Crippen LogP contribution in [0.5, 0.6) is 5.75 Å². The first-order valence-electron chi connectivity index (χ1n) is 10.5. The molecule has 1 fully saturated rings. The lowest BCUT2D eigenvalue weighted by Gasteiger charge is -2.37. The molecular formula is C23H29NO4. The molecule has 150 valence electrons. The standard InChI is InChI=1S/C23H29NO4/c1-4-14(2)24-22(26)21-15(3)19-17(27-21)9-10-18-20(19)16(25)13-23(28-18)11-7-5-6-8-12-23/h9-10,14H,4-8,11-13H2,1-3H3,(H,24,26)/t14-/m1/s1. The molecule has 1 aliphatic heterocycles. The van der Waals surface area contributed by atoms with Crippen molar-refractivity contribution >= 4 is 22.7 Å². The maximum absolute atomic E-state index is 13.2. The van der Waals surface area contributed by atoms with Gasteiger partial charge >= 0.3 is 0 Å². The molecule has 1 aliphatic carbocycles. The van der Waals surface area contributed by atoms with E-state index in [1.807, 2.05) is 32.9 Å². The third-order valence-electron chi connectivity index (χ3n) is 6.36. The Morgan fingerprint density at radius 1 is 1.21 bits per heavy atom. The van der Waals surface area contributed by atoms with E-state index in [0.29, 0.717) is 28.9 Å². The van der Waals surface area contributed by atoms with Gasteiger partial charge in [-0.3, -0.25) is 9.59 Å². The first-order chi connectivity index (χ1) is 13.4. The van der Waals surface area contributed by atoms with Crippen LogP contribution in [-0.2, 0) is 0 Å². The van der Waals surface area contributed by atoms with E-state index in [0.717, 1.165) is 37.5 Å². The summed E-state index contributed by atoms with van der Waals surface area (Å²) in [4.78, 5) is 25.8. The van der Waals surface area contributed by atoms with Crippen LogP contribution >= 0.6 is 0 Å². The molecule has 1 aromatic carbocycles. The van der Waals surface area contributed by atoms with Crippen LogP contribution in [0.1, 0.15) is 91.7 Å². The van der Waals surface area contributed by atoms with Crippen LogP contribution in [-0.4, -0.2) is 23.3 Å². The largest absolute Gasteiger partial charge is 0.486 e. The number of furan rings is 1. The molecule has 0 saturated heterocycles. The van der Waals surface area contributed by atoms with E-state index in [1.165, 1.54) is 12.8 Å². The fraction of sp³-hybridized carbons (Fsp3) is 0.565. The number of amides is 1. The van der Waals surface area contributed by atoms with Crippen molar-refractivity contribution < 1.29 is 18.7 Å². The lowest BCUT2D eigenvalue weighted by molar-refractivity contribution is 0.0301. The van der Waals surface area contributed by atoms with E-state index in [4.69, 9.17) is 9.15 Å². The fourth-order valence-corrected chi connectivity index (χ4v) is 4.59. The second-order valence-corrected chi connectivity index (χ2v) is 8.45. The van der Waals surface area contributed by atoms with Crippen LogP contribution in [0.4, 0.5) is 0 Å². The molecule has 0 radical (unpaired) electrons. The van der Waals surface area contributed by atoms with Gasteiger partial charge in [-0.15, -0.1) is 0 Å². The zero-order valence-corrected chi connectivity index (χ0v) is 17.0. The van der Waals surface area contributed by atoms with Crippen LogP contribution in [0.25, 0.3) is 11.0 Å². The smallest absolute Gasteiger partial charge is 0.287 e. The second-order valence-electron chi connectivity index (χ2n) is 8.45. The highest BCUT2D eigenvalue weighted by atomic mass is 16.5. The number of rotatable bonds is 3. The zero-order chi connectivity index (χ0) is 19.9. The Kier molecular flexibility index (Phi) is 4.94. The van der Waals surface area contributed by atoms with E-state index >= 15 is 0 Å². The zero-order valence-electron chi connectivity index (χ0n) is 17.0. The summed E-state index contributed by atoms with van der Waals surface area (Å²) in [5.41, 5.74) is 1.50. The van der Waals surface area contributed by atoms with Crippen LogP contribution in [0.2, 0.25) is 0 Å². The summed E-state index contributed by atoms with van der Waals surface area (Å²) in [7, 11) is 0. The molecule has 2 aromatic rings. The van der Waals surface area contributed by atoms with Gasteiger partial charge in [-0.25, -0.2) is 0 Å². The first-order valence-corrected chi connectivity index (χ1v) is 10.5. The number of nitrogens with one attached hydrogen (secondary N) is 1. The highest BCUT2D eigenvalue weighted by Crippen LogP contribution is 2.44. The number of hydrogen-bond donors (Lipinski definition) is 1. The third kappa shape index (κ3) is 3.21. The van der Waals surface area contributed by atoms with E-state index in [1.54, 1.807) is 0 Å². The number of fused-ring (bicyclic) bond motifs is 3. The van der Waals surface area contributed by atoms with Crippen molar-refractivity contribution in [3.8, 4) is 5.75 Å². The van der Waals surface area contributed by atoms with Gasteiger partial charge in [0.2, 0.25) is 0 Å². The van der Waals surface area contributed by atoms with E-state index in [-0.39, 0.29) is 29.1 Å². The molecule has 1 aromatic heterocycles. The van der Waals surface area contributed by atoms with Crippen LogP contribution < -0.4 is 10.1 Å².